The van der Waals surface area contributed by atoms with E-state index in [1.165, 1.54) is 11.8 Å². The van der Waals surface area contributed by atoms with E-state index in [-0.39, 0.29) is 17.2 Å². The van der Waals surface area contributed by atoms with Gasteiger partial charge in [-0.3, -0.25) is 9.36 Å². The molecule has 0 saturated carbocycles. The number of carbonyl (C=O) groups is 1. The highest BCUT2D eigenvalue weighted by molar-refractivity contribution is 8.00. The van der Waals surface area contributed by atoms with Crippen LogP contribution in [0.5, 0.6) is 5.75 Å². The molecule has 0 N–H and O–H groups in total. The number of rotatable bonds is 7. The fraction of sp³-hybridized carbons (Fsp3) is 0.318. The monoisotopic (exact) mass is 410 g/mol. The Morgan fingerprint density at radius 1 is 1.21 bits per heavy atom. The summed E-state index contributed by atoms with van der Waals surface area (Å²) in [7, 11) is 1.59. The molecule has 1 aromatic carbocycles. The van der Waals surface area contributed by atoms with Crippen LogP contribution in [0.4, 0.5) is 0 Å². The largest absolute Gasteiger partial charge is 0.497 e. The van der Waals surface area contributed by atoms with Crippen LogP contribution in [0, 0.1) is 0 Å². The Labute approximate surface area is 172 Å². The van der Waals surface area contributed by atoms with Gasteiger partial charge in [-0.05, 0) is 62.1 Å². The van der Waals surface area contributed by atoms with Crippen LogP contribution in [-0.4, -0.2) is 28.2 Å². The van der Waals surface area contributed by atoms with Crippen LogP contribution in [0.3, 0.4) is 0 Å². The van der Waals surface area contributed by atoms with Gasteiger partial charge in [-0.25, -0.2) is 4.79 Å². The molecule has 4 rings (SSSR count). The van der Waals surface area contributed by atoms with Gasteiger partial charge in [-0.1, -0.05) is 11.8 Å². The lowest BCUT2D eigenvalue weighted by Gasteiger charge is -2.22. The molecule has 0 bridgehead atoms. The van der Waals surface area contributed by atoms with Gasteiger partial charge in [0.15, 0.2) is 5.78 Å². The third-order valence-electron chi connectivity index (χ3n) is 5.10. The van der Waals surface area contributed by atoms with Crippen LogP contribution in [0.2, 0.25) is 0 Å². The van der Waals surface area contributed by atoms with Crippen molar-refractivity contribution in [3.05, 3.63) is 75.7 Å². The van der Waals surface area contributed by atoms with Gasteiger partial charge in [0.25, 0.3) is 0 Å². The van der Waals surface area contributed by atoms with Crippen molar-refractivity contribution in [2.75, 3.05) is 12.9 Å². The van der Waals surface area contributed by atoms with Crippen LogP contribution < -0.4 is 10.4 Å². The molecule has 2 heterocycles. The zero-order chi connectivity index (χ0) is 20.2. The summed E-state index contributed by atoms with van der Waals surface area (Å²) in [6.45, 7) is 0.386. The number of nitrogens with zero attached hydrogens (tertiary/aromatic N) is 2. The van der Waals surface area contributed by atoms with Gasteiger partial charge < -0.3 is 9.15 Å². The number of methoxy groups -OCH3 is 1. The average Bonchev–Trinajstić information content (AvgIpc) is 3.27. The molecule has 1 aliphatic rings. The third-order valence-corrected chi connectivity index (χ3v) is 6.11. The average molecular weight is 410 g/mol. The molecule has 6 nitrogen and oxygen atoms in total. The number of hydrogen-bond acceptors (Lipinski definition) is 6. The van der Waals surface area contributed by atoms with Crippen molar-refractivity contribution in [2.24, 2.45) is 0 Å². The molecular formula is C22H22N2O4S. The Morgan fingerprint density at radius 3 is 2.72 bits per heavy atom. The van der Waals surface area contributed by atoms with E-state index in [0.29, 0.717) is 22.9 Å². The summed E-state index contributed by atoms with van der Waals surface area (Å²) in [5.74, 6) is 1.69. The second-order valence-corrected chi connectivity index (χ2v) is 7.90. The van der Waals surface area contributed by atoms with Crippen LogP contribution >= 0.6 is 11.8 Å². The molecule has 0 amide bonds. The smallest absolute Gasteiger partial charge is 0.349 e. The number of carbonyl (C=O) groups excluding carboxylic acids is 1. The number of benzene rings is 1. The topological polar surface area (TPSA) is 74.3 Å². The predicted molar refractivity (Wildman–Crippen MR) is 111 cm³/mol. The van der Waals surface area contributed by atoms with Crippen molar-refractivity contribution in [2.45, 2.75) is 37.3 Å². The molecule has 3 aromatic rings. The lowest BCUT2D eigenvalue weighted by Crippen LogP contribution is -2.30. The van der Waals surface area contributed by atoms with Crippen molar-refractivity contribution < 1.29 is 13.9 Å². The first-order chi connectivity index (χ1) is 14.2. The summed E-state index contributed by atoms with van der Waals surface area (Å²) in [6.07, 6.45) is 5.43. The number of Topliss-reactive ketones (excluding diaryl/α,β-unsaturated/α-hetero) is 1. The molecule has 0 saturated heterocycles. The van der Waals surface area contributed by atoms with Crippen molar-refractivity contribution in [3.63, 3.8) is 0 Å². The maximum atomic E-state index is 12.7. The van der Waals surface area contributed by atoms with E-state index in [0.717, 1.165) is 42.7 Å². The fourth-order valence-corrected chi connectivity index (χ4v) is 4.55. The second-order valence-electron chi connectivity index (χ2n) is 6.94. The first-order valence-corrected chi connectivity index (χ1v) is 10.6. The SMILES string of the molecule is COc1ccc(C(=O)CSc2nc(=O)n(Cc3ccco3)c3c2CCCC3)cc1. The summed E-state index contributed by atoms with van der Waals surface area (Å²) < 4.78 is 12.3. The number of fused-ring (bicyclic) bond motifs is 1. The molecule has 29 heavy (non-hydrogen) atoms. The van der Waals surface area contributed by atoms with E-state index in [2.05, 4.69) is 4.98 Å². The highest BCUT2D eigenvalue weighted by Gasteiger charge is 2.21. The van der Waals surface area contributed by atoms with Gasteiger partial charge in [0.05, 0.1) is 25.7 Å². The number of ketones is 1. The maximum absolute atomic E-state index is 12.7. The van der Waals surface area contributed by atoms with E-state index in [4.69, 9.17) is 9.15 Å². The van der Waals surface area contributed by atoms with Crippen LogP contribution in [0.1, 0.15) is 40.2 Å². The summed E-state index contributed by atoms with van der Waals surface area (Å²) in [5, 5.41) is 0.683. The van der Waals surface area contributed by atoms with Crippen molar-refractivity contribution in [1.82, 2.24) is 9.55 Å². The Bertz CT molecular complexity index is 1060. The van der Waals surface area contributed by atoms with Gasteiger partial charge in [-0.15, -0.1) is 0 Å². The third kappa shape index (κ3) is 4.29. The molecule has 2 aromatic heterocycles. The number of furan rings is 1. The Morgan fingerprint density at radius 2 is 2.00 bits per heavy atom. The number of hydrogen-bond donors (Lipinski definition) is 0. The van der Waals surface area contributed by atoms with Crippen LogP contribution in [0.15, 0.2) is 56.9 Å². The van der Waals surface area contributed by atoms with Crippen molar-refractivity contribution in [3.8, 4) is 5.75 Å². The number of ether oxygens (including phenoxy) is 1. The molecule has 0 aliphatic heterocycles. The number of aromatic nitrogens is 2. The zero-order valence-corrected chi connectivity index (χ0v) is 17.0. The molecule has 1 aliphatic carbocycles. The lowest BCUT2D eigenvalue weighted by atomic mass is 9.97. The first kappa shape index (κ1) is 19.5. The van der Waals surface area contributed by atoms with Gasteiger partial charge in [-0.2, -0.15) is 4.98 Å². The molecule has 0 spiro atoms. The Hall–Kier alpha value is -2.80. The molecule has 150 valence electrons. The van der Waals surface area contributed by atoms with E-state index in [9.17, 15) is 9.59 Å². The number of thioether (sulfide) groups is 1. The molecule has 0 unspecified atom stereocenters. The van der Waals surface area contributed by atoms with Gasteiger partial charge in [0, 0.05) is 16.8 Å². The Kier molecular flexibility index (Phi) is 5.85. The zero-order valence-electron chi connectivity index (χ0n) is 16.2. The predicted octanol–water partition coefficient (Wildman–Crippen LogP) is 3.75. The molecule has 0 radical (unpaired) electrons. The highest BCUT2D eigenvalue weighted by Crippen LogP contribution is 2.29. The van der Waals surface area contributed by atoms with E-state index in [1.54, 1.807) is 42.2 Å². The minimum absolute atomic E-state index is 0.00350. The second kappa shape index (κ2) is 8.69. The quantitative estimate of drug-likeness (QED) is 0.336. The molecule has 7 heteroatoms. The first-order valence-electron chi connectivity index (χ1n) is 9.60. The standard InChI is InChI=1S/C22H22N2O4S/c1-27-16-10-8-15(9-11-16)20(25)14-29-21-18-6-2-3-7-19(18)24(22(26)23-21)13-17-5-4-12-28-17/h4-5,8-12H,2-3,6-7,13-14H2,1H3. The van der Waals surface area contributed by atoms with Gasteiger partial charge in [0.1, 0.15) is 16.5 Å². The van der Waals surface area contributed by atoms with E-state index >= 15 is 0 Å². The van der Waals surface area contributed by atoms with Gasteiger partial charge >= 0.3 is 5.69 Å². The Balaban J connectivity index is 1.56. The van der Waals surface area contributed by atoms with Crippen molar-refractivity contribution >= 4 is 17.5 Å². The summed E-state index contributed by atoms with van der Waals surface area (Å²) >= 11 is 1.35. The summed E-state index contributed by atoms with van der Waals surface area (Å²) in [4.78, 5) is 29.6. The van der Waals surface area contributed by atoms with E-state index in [1.807, 2.05) is 12.1 Å². The van der Waals surface area contributed by atoms with Crippen molar-refractivity contribution in [1.29, 1.82) is 0 Å². The lowest BCUT2D eigenvalue weighted by molar-refractivity contribution is 0.102. The highest BCUT2D eigenvalue weighted by atomic mass is 32.2. The summed E-state index contributed by atoms with van der Waals surface area (Å²) in [6, 6.07) is 10.7. The van der Waals surface area contributed by atoms with Crippen LogP contribution in [0.25, 0.3) is 0 Å². The maximum Gasteiger partial charge on any atom is 0.349 e. The minimum atomic E-state index is -0.290. The van der Waals surface area contributed by atoms with E-state index < -0.39 is 0 Å². The molecule has 0 fully saturated rings. The van der Waals surface area contributed by atoms with Gasteiger partial charge in [0.2, 0.25) is 0 Å². The summed E-state index contributed by atoms with van der Waals surface area (Å²) in [5.41, 5.74) is 2.45. The molecule has 0 atom stereocenters. The molecular weight excluding hydrogens is 388 g/mol. The minimum Gasteiger partial charge on any atom is -0.497 e. The normalized spacial score (nSPS) is 13.1. The van der Waals surface area contributed by atoms with Crippen LogP contribution in [-0.2, 0) is 19.4 Å². The fourth-order valence-electron chi connectivity index (χ4n) is 3.58.